The van der Waals surface area contributed by atoms with Crippen LogP contribution in [0.15, 0.2) is 24.3 Å². The highest BCUT2D eigenvalue weighted by Crippen LogP contribution is 2.12. The molecule has 0 fully saturated rings. The lowest BCUT2D eigenvalue weighted by atomic mass is 10.0. The number of aromatic hydroxyl groups is 1. The Balaban J connectivity index is 2.80. The molecule has 12 nitrogen and oxygen atoms in total. The summed E-state index contributed by atoms with van der Waals surface area (Å²) in [7, 11) is 0. The Labute approximate surface area is 191 Å². The third kappa shape index (κ3) is 10.3. The summed E-state index contributed by atoms with van der Waals surface area (Å²) in [5.74, 6) is -3.49. The van der Waals surface area contributed by atoms with E-state index in [0.717, 1.165) is 6.42 Å². The zero-order valence-corrected chi connectivity index (χ0v) is 18.5. The molecule has 4 unspecified atom stereocenters. The Morgan fingerprint density at radius 2 is 1.67 bits per heavy atom. The van der Waals surface area contributed by atoms with Crippen LogP contribution in [0, 0.1) is 0 Å². The lowest BCUT2D eigenvalue weighted by Gasteiger charge is -2.23. The molecule has 0 saturated heterocycles. The summed E-state index contributed by atoms with van der Waals surface area (Å²) in [5, 5.41) is 35.3. The van der Waals surface area contributed by atoms with Crippen LogP contribution in [0.5, 0.6) is 5.75 Å². The minimum atomic E-state index is -1.58. The molecule has 33 heavy (non-hydrogen) atoms. The van der Waals surface area contributed by atoms with Gasteiger partial charge in [-0.1, -0.05) is 18.6 Å². The van der Waals surface area contributed by atoms with E-state index in [4.69, 9.17) is 11.5 Å². The quantitative estimate of drug-likeness (QED) is 0.141. The van der Waals surface area contributed by atoms with Crippen molar-refractivity contribution in [3.63, 3.8) is 0 Å². The SMILES string of the molecule is CC(O)C(NC(=O)C(Cc1ccc(O)cc1)NC(=O)CNC(=O)C(N)CCCCN)C(=O)O. The molecule has 184 valence electrons. The molecule has 1 aromatic carbocycles. The normalized spacial score (nSPS) is 14.4. The van der Waals surface area contributed by atoms with Crippen LogP contribution in [-0.2, 0) is 25.6 Å². The van der Waals surface area contributed by atoms with Crippen LogP contribution in [0.1, 0.15) is 31.7 Å². The number of aliphatic carboxylic acids is 1. The molecule has 3 amide bonds. The summed E-state index contributed by atoms with van der Waals surface area (Å²) < 4.78 is 0. The molecule has 0 aliphatic heterocycles. The maximum Gasteiger partial charge on any atom is 0.328 e. The van der Waals surface area contributed by atoms with Crippen LogP contribution < -0.4 is 27.4 Å². The Hall–Kier alpha value is -3.22. The van der Waals surface area contributed by atoms with Gasteiger partial charge in [0.1, 0.15) is 11.8 Å². The van der Waals surface area contributed by atoms with Gasteiger partial charge in [0, 0.05) is 6.42 Å². The van der Waals surface area contributed by atoms with E-state index in [1.165, 1.54) is 31.2 Å². The van der Waals surface area contributed by atoms with E-state index in [2.05, 4.69) is 16.0 Å². The molecular weight excluding hydrogens is 434 g/mol. The van der Waals surface area contributed by atoms with Crippen LogP contribution in [0.25, 0.3) is 0 Å². The summed E-state index contributed by atoms with van der Waals surface area (Å²) >= 11 is 0. The maximum atomic E-state index is 12.7. The summed E-state index contributed by atoms with van der Waals surface area (Å²) in [5.41, 5.74) is 11.7. The molecule has 0 saturated carbocycles. The fraction of sp³-hybridized carbons (Fsp3) is 0.524. The number of hydrogen-bond acceptors (Lipinski definition) is 8. The summed E-state index contributed by atoms with van der Waals surface area (Å²) in [6.45, 7) is 1.25. The molecule has 0 heterocycles. The monoisotopic (exact) mass is 467 g/mol. The predicted octanol–water partition coefficient (Wildman–Crippen LogP) is -2.06. The molecule has 0 aromatic heterocycles. The van der Waals surface area contributed by atoms with Crippen molar-refractivity contribution in [2.75, 3.05) is 13.1 Å². The van der Waals surface area contributed by atoms with E-state index in [9.17, 15) is 34.5 Å². The number of carbonyl (C=O) groups is 4. The first-order valence-electron chi connectivity index (χ1n) is 10.6. The molecule has 12 heteroatoms. The van der Waals surface area contributed by atoms with Crippen molar-refractivity contribution in [1.82, 2.24) is 16.0 Å². The van der Waals surface area contributed by atoms with Crippen molar-refractivity contribution in [2.24, 2.45) is 11.5 Å². The number of benzene rings is 1. The Kier molecular flexibility index (Phi) is 11.8. The van der Waals surface area contributed by atoms with Gasteiger partial charge >= 0.3 is 5.97 Å². The number of nitrogens with one attached hydrogen (secondary N) is 3. The summed E-state index contributed by atoms with van der Waals surface area (Å²) in [4.78, 5) is 48.4. The second-order valence-corrected chi connectivity index (χ2v) is 7.66. The molecule has 4 atom stereocenters. The second-order valence-electron chi connectivity index (χ2n) is 7.66. The number of nitrogens with two attached hydrogens (primary N) is 2. The van der Waals surface area contributed by atoms with Gasteiger partial charge in [0.25, 0.3) is 0 Å². The Bertz CT molecular complexity index is 801. The summed E-state index contributed by atoms with van der Waals surface area (Å²) in [6, 6.07) is 2.27. The molecule has 10 N–H and O–H groups in total. The minimum absolute atomic E-state index is 0.00866. The van der Waals surface area contributed by atoms with Crippen LogP contribution in [-0.4, -0.2) is 76.3 Å². The topological polar surface area (TPSA) is 217 Å². The van der Waals surface area contributed by atoms with E-state index < -0.39 is 54.5 Å². The smallest absolute Gasteiger partial charge is 0.328 e. The number of unbranched alkanes of at least 4 members (excludes halogenated alkanes) is 1. The minimum Gasteiger partial charge on any atom is -0.508 e. The first-order chi connectivity index (χ1) is 15.5. The third-order valence-electron chi connectivity index (χ3n) is 4.80. The van der Waals surface area contributed by atoms with Gasteiger partial charge in [-0.25, -0.2) is 4.79 Å². The molecule has 0 aliphatic rings. The number of phenolic OH excluding ortho intramolecular Hbond substituents is 1. The van der Waals surface area contributed by atoms with Crippen LogP contribution >= 0.6 is 0 Å². The van der Waals surface area contributed by atoms with Gasteiger partial charge in [-0.2, -0.15) is 0 Å². The van der Waals surface area contributed by atoms with Crippen molar-refractivity contribution in [2.45, 2.75) is 56.8 Å². The molecular formula is C21H33N5O7. The molecule has 0 radical (unpaired) electrons. The van der Waals surface area contributed by atoms with Crippen molar-refractivity contribution in [1.29, 1.82) is 0 Å². The average molecular weight is 468 g/mol. The van der Waals surface area contributed by atoms with Crippen molar-refractivity contribution >= 4 is 23.7 Å². The number of hydrogen-bond donors (Lipinski definition) is 8. The second kappa shape index (κ2) is 14.0. The maximum absolute atomic E-state index is 12.7. The lowest BCUT2D eigenvalue weighted by Crippen LogP contribution is -2.56. The molecule has 1 rings (SSSR count). The van der Waals surface area contributed by atoms with Gasteiger partial charge in [-0.05, 0) is 44.0 Å². The molecule has 0 spiro atoms. The fourth-order valence-corrected chi connectivity index (χ4v) is 2.90. The van der Waals surface area contributed by atoms with Gasteiger partial charge < -0.3 is 42.7 Å². The zero-order valence-electron chi connectivity index (χ0n) is 18.5. The highest BCUT2D eigenvalue weighted by Gasteiger charge is 2.29. The van der Waals surface area contributed by atoms with Gasteiger partial charge in [-0.15, -0.1) is 0 Å². The van der Waals surface area contributed by atoms with E-state index >= 15 is 0 Å². The van der Waals surface area contributed by atoms with Crippen LogP contribution in [0.4, 0.5) is 0 Å². The van der Waals surface area contributed by atoms with E-state index in [0.29, 0.717) is 24.9 Å². The molecule has 0 aliphatic carbocycles. The largest absolute Gasteiger partial charge is 0.508 e. The van der Waals surface area contributed by atoms with Gasteiger partial charge in [-0.3, -0.25) is 14.4 Å². The lowest BCUT2D eigenvalue weighted by molar-refractivity contribution is -0.145. The van der Waals surface area contributed by atoms with Crippen LogP contribution in [0.2, 0.25) is 0 Å². The highest BCUT2D eigenvalue weighted by molar-refractivity contribution is 5.92. The standard InChI is InChI=1S/C21H33N5O7/c1-12(27)18(21(32)33)26-20(31)16(10-13-5-7-14(28)8-6-13)25-17(29)11-24-19(30)15(23)4-2-3-9-22/h5-8,12,15-16,18,27-28H,2-4,9-11,22-23H2,1H3,(H,24,30)(H,25,29)(H,26,31)(H,32,33). The molecule has 0 bridgehead atoms. The number of aliphatic hydroxyl groups is 1. The average Bonchev–Trinajstić information content (AvgIpc) is 2.76. The Morgan fingerprint density at radius 3 is 2.21 bits per heavy atom. The number of carboxylic acids is 1. The third-order valence-corrected chi connectivity index (χ3v) is 4.80. The number of aliphatic hydroxyl groups excluding tert-OH is 1. The van der Waals surface area contributed by atoms with Gasteiger partial charge in [0.15, 0.2) is 6.04 Å². The van der Waals surface area contributed by atoms with Crippen LogP contribution in [0.3, 0.4) is 0 Å². The Morgan fingerprint density at radius 1 is 1.03 bits per heavy atom. The van der Waals surface area contributed by atoms with Crippen molar-refractivity contribution < 1.29 is 34.5 Å². The number of carboxylic acid groups (broad SMARTS) is 1. The van der Waals surface area contributed by atoms with Crippen molar-refractivity contribution in [3.05, 3.63) is 29.8 Å². The number of phenols is 1. The first-order valence-corrected chi connectivity index (χ1v) is 10.6. The number of rotatable bonds is 14. The zero-order chi connectivity index (χ0) is 25.0. The number of amides is 3. The highest BCUT2D eigenvalue weighted by atomic mass is 16.4. The van der Waals surface area contributed by atoms with E-state index in [-0.39, 0.29) is 12.2 Å². The van der Waals surface area contributed by atoms with E-state index in [1.807, 2.05) is 0 Å². The van der Waals surface area contributed by atoms with Crippen molar-refractivity contribution in [3.8, 4) is 5.75 Å². The number of carbonyl (C=O) groups excluding carboxylic acids is 3. The fourth-order valence-electron chi connectivity index (χ4n) is 2.90. The van der Waals surface area contributed by atoms with Gasteiger partial charge in [0.2, 0.25) is 17.7 Å². The first kappa shape index (κ1) is 27.8. The molecule has 1 aromatic rings. The van der Waals surface area contributed by atoms with E-state index in [1.54, 1.807) is 0 Å². The predicted molar refractivity (Wildman–Crippen MR) is 119 cm³/mol. The summed E-state index contributed by atoms with van der Waals surface area (Å²) in [6.07, 6.45) is 0.388. The van der Waals surface area contributed by atoms with Gasteiger partial charge in [0.05, 0.1) is 18.7 Å².